The van der Waals surface area contributed by atoms with Gasteiger partial charge in [-0.15, -0.1) is 0 Å². The van der Waals surface area contributed by atoms with E-state index in [1.165, 1.54) is 6.21 Å². The van der Waals surface area contributed by atoms with E-state index in [9.17, 15) is 9.59 Å². The third-order valence-corrected chi connectivity index (χ3v) is 5.71. The minimum Gasteiger partial charge on any atom is -0.493 e. The Kier molecular flexibility index (Phi) is 10.1. The van der Waals surface area contributed by atoms with E-state index in [0.717, 1.165) is 15.6 Å². The Morgan fingerprint density at radius 1 is 1.00 bits per heavy atom. The van der Waals surface area contributed by atoms with Crippen LogP contribution in [0.4, 0.5) is 5.69 Å². The Balaban J connectivity index is 1.43. The van der Waals surface area contributed by atoms with Gasteiger partial charge in [-0.05, 0) is 54.4 Å². The zero-order chi connectivity index (χ0) is 25.0. The van der Waals surface area contributed by atoms with Gasteiger partial charge in [-0.2, -0.15) is 5.10 Å². The zero-order valence-corrected chi connectivity index (χ0v) is 21.4. The molecule has 2 N–H and O–H groups in total. The molecule has 2 amide bonds. The summed E-state index contributed by atoms with van der Waals surface area (Å²) in [4.78, 5) is 24.0. The fourth-order valence-corrected chi connectivity index (χ4v) is 3.68. The van der Waals surface area contributed by atoms with E-state index in [1.54, 1.807) is 31.4 Å². The number of rotatable bonds is 11. The normalized spacial score (nSPS) is 10.7. The molecule has 3 rings (SSSR count). The lowest BCUT2D eigenvalue weighted by Crippen LogP contribution is -2.18. The van der Waals surface area contributed by atoms with Crippen LogP contribution >= 0.6 is 27.5 Å². The van der Waals surface area contributed by atoms with Crippen molar-refractivity contribution >= 4 is 51.2 Å². The Morgan fingerprint density at radius 2 is 1.80 bits per heavy atom. The summed E-state index contributed by atoms with van der Waals surface area (Å²) in [5, 5.41) is 7.42. The summed E-state index contributed by atoms with van der Waals surface area (Å²) in [5.41, 5.74) is 4.77. The molecule has 35 heavy (non-hydrogen) atoms. The fourth-order valence-electron chi connectivity index (χ4n) is 3.09. The molecule has 0 atom stereocenters. The highest BCUT2D eigenvalue weighted by Gasteiger charge is 2.08. The number of nitrogens with one attached hydrogen (secondary N) is 2. The standard InChI is InChI=1S/C26H25BrClN3O4/c1-34-24-14-18(12-13-23(24)35-17-19-6-2-3-9-22(19)28)16-29-31-26(33)11-5-10-25(32)30-21-8-4-7-20(27)15-21/h2-4,6-9,12-16H,5,10-11,17H2,1H3,(H,30,32)(H,31,33)/b29-16-. The number of halogens is 2. The Bertz CT molecular complexity index is 1200. The summed E-state index contributed by atoms with van der Waals surface area (Å²) in [6, 6.07) is 20.1. The molecule has 0 radical (unpaired) electrons. The van der Waals surface area contributed by atoms with Gasteiger partial charge in [-0.1, -0.05) is 51.8 Å². The smallest absolute Gasteiger partial charge is 0.240 e. The van der Waals surface area contributed by atoms with Crippen molar-refractivity contribution in [2.45, 2.75) is 25.9 Å². The van der Waals surface area contributed by atoms with Crippen LogP contribution in [-0.4, -0.2) is 25.1 Å². The number of hydrazone groups is 1. The number of ether oxygens (including phenoxy) is 2. The van der Waals surface area contributed by atoms with Gasteiger partial charge in [0.2, 0.25) is 11.8 Å². The second kappa shape index (κ2) is 13.5. The molecule has 7 nitrogen and oxygen atoms in total. The Labute approximate surface area is 217 Å². The molecule has 3 aromatic carbocycles. The average Bonchev–Trinajstić information content (AvgIpc) is 2.84. The van der Waals surface area contributed by atoms with Crippen molar-refractivity contribution < 1.29 is 19.1 Å². The summed E-state index contributed by atoms with van der Waals surface area (Å²) >= 11 is 9.53. The lowest BCUT2D eigenvalue weighted by atomic mass is 10.2. The molecule has 182 valence electrons. The van der Waals surface area contributed by atoms with Crippen LogP contribution in [0.3, 0.4) is 0 Å². The molecule has 0 bridgehead atoms. The Hall–Kier alpha value is -3.36. The van der Waals surface area contributed by atoms with E-state index < -0.39 is 0 Å². The molecule has 0 unspecified atom stereocenters. The van der Waals surface area contributed by atoms with Crippen LogP contribution in [0.1, 0.15) is 30.4 Å². The van der Waals surface area contributed by atoms with Gasteiger partial charge in [-0.3, -0.25) is 9.59 Å². The predicted molar refractivity (Wildman–Crippen MR) is 141 cm³/mol. The van der Waals surface area contributed by atoms with E-state index in [4.69, 9.17) is 21.1 Å². The predicted octanol–water partition coefficient (Wildman–Crippen LogP) is 5.95. The number of anilines is 1. The molecule has 3 aromatic rings. The van der Waals surface area contributed by atoms with Gasteiger partial charge in [0, 0.05) is 33.6 Å². The van der Waals surface area contributed by atoms with Crippen LogP contribution < -0.4 is 20.2 Å². The third-order valence-electron chi connectivity index (χ3n) is 4.85. The molecule has 9 heteroatoms. The highest BCUT2D eigenvalue weighted by Crippen LogP contribution is 2.29. The van der Waals surface area contributed by atoms with Gasteiger partial charge in [0.25, 0.3) is 0 Å². The number of nitrogens with zero attached hydrogens (tertiary/aromatic N) is 1. The first-order valence-electron chi connectivity index (χ1n) is 10.9. The molecular formula is C26H25BrClN3O4. The first-order chi connectivity index (χ1) is 16.9. The molecule has 0 aliphatic carbocycles. The van der Waals surface area contributed by atoms with E-state index in [0.29, 0.717) is 35.2 Å². The van der Waals surface area contributed by atoms with E-state index in [1.807, 2.05) is 42.5 Å². The number of carbonyl (C=O) groups excluding carboxylic acids is 2. The summed E-state index contributed by atoms with van der Waals surface area (Å²) in [6.07, 6.45) is 2.34. The second-order valence-electron chi connectivity index (χ2n) is 7.50. The van der Waals surface area contributed by atoms with E-state index >= 15 is 0 Å². The third kappa shape index (κ3) is 8.73. The number of carbonyl (C=O) groups is 2. The maximum Gasteiger partial charge on any atom is 0.240 e. The molecule has 0 aromatic heterocycles. The van der Waals surface area contributed by atoms with Crippen LogP contribution in [0.2, 0.25) is 5.02 Å². The fraction of sp³-hybridized carbons (Fsp3) is 0.192. The van der Waals surface area contributed by atoms with Crippen LogP contribution in [0, 0.1) is 0 Å². The molecule has 0 aliphatic heterocycles. The lowest BCUT2D eigenvalue weighted by Gasteiger charge is -2.12. The van der Waals surface area contributed by atoms with Crippen LogP contribution in [-0.2, 0) is 16.2 Å². The summed E-state index contributed by atoms with van der Waals surface area (Å²) in [5.74, 6) is 0.671. The molecule has 0 fully saturated rings. The molecule has 0 aliphatic rings. The van der Waals surface area contributed by atoms with Crippen molar-refractivity contribution in [2.75, 3.05) is 12.4 Å². The minimum atomic E-state index is -0.275. The lowest BCUT2D eigenvalue weighted by molar-refractivity contribution is -0.121. The van der Waals surface area contributed by atoms with Gasteiger partial charge >= 0.3 is 0 Å². The number of benzene rings is 3. The molecule has 0 heterocycles. The van der Waals surface area contributed by atoms with Gasteiger partial charge in [0.15, 0.2) is 11.5 Å². The van der Waals surface area contributed by atoms with E-state index in [2.05, 4.69) is 31.8 Å². The van der Waals surface area contributed by atoms with Gasteiger partial charge < -0.3 is 14.8 Å². The first-order valence-corrected chi connectivity index (χ1v) is 12.0. The Morgan fingerprint density at radius 3 is 2.57 bits per heavy atom. The quantitative estimate of drug-likeness (QED) is 0.225. The van der Waals surface area contributed by atoms with Crippen LogP contribution in [0.15, 0.2) is 76.3 Å². The minimum absolute atomic E-state index is 0.150. The highest BCUT2D eigenvalue weighted by molar-refractivity contribution is 9.10. The van der Waals surface area contributed by atoms with Crippen molar-refractivity contribution in [1.29, 1.82) is 0 Å². The molecular weight excluding hydrogens is 534 g/mol. The van der Waals surface area contributed by atoms with Crippen molar-refractivity contribution in [3.05, 3.63) is 87.4 Å². The average molecular weight is 559 g/mol. The topological polar surface area (TPSA) is 89.0 Å². The largest absolute Gasteiger partial charge is 0.493 e. The first kappa shape index (κ1) is 26.2. The second-order valence-corrected chi connectivity index (χ2v) is 8.82. The molecule has 0 saturated heterocycles. The maximum absolute atomic E-state index is 12.0. The number of methoxy groups -OCH3 is 1. The van der Waals surface area contributed by atoms with Gasteiger partial charge in [0.1, 0.15) is 6.61 Å². The zero-order valence-electron chi connectivity index (χ0n) is 19.1. The summed E-state index contributed by atoms with van der Waals surface area (Å²) < 4.78 is 12.1. The monoisotopic (exact) mass is 557 g/mol. The molecule has 0 spiro atoms. The maximum atomic E-state index is 12.0. The summed E-state index contributed by atoms with van der Waals surface area (Å²) in [7, 11) is 1.55. The SMILES string of the molecule is COc1cc(/C=N\NC(=O)CCCC(=O)Nc2cccc(Br)c2)ccc1OCc1ccccc1Cl. The van der Waals surface area contributed by atoms with Crippen molar-refractivity contribution in [2.24, 2.45) is 5.10 Å². The van der Waals surface area contributed by atoms with Crippen LogP contribution in [0.25, 0.3) is 0 Å². The van der Waals surface area contributed by atoms with E-state index in [-0.39, 0.29) is 24.7 Å². The summed E-state index contributed by atoms with van der Waals surface area (Å²) in [6.45, 7) is 0.306. The highest BCUT2D eigenvalue weighted by atomic mass is 79.9. The number of hydrogen-bond donors (Lipinski definition) is 2. The van der Waals surface area contributed by atoms with Gasteiger partial charge in [-0.25, -0.2) is 5.43 Å². The van der Waals surface area contributed by atoms with Crippen molar-refractivity contribution in [1.82, 2.24) is 5.43 Å². The number of amides is 2. The van der Waals surface area contributed by atoms with Gasteiger partial charge in [0.05, 0.1) is 13.3 Å². The van der Waals surface area contributed by atoms with Crippen molar-refractivity contribution in [3.63, 3.8) is 0 Å². The van der Waals surface area contributed by atoms with Crippen LogP contribution in [0.5, 0.6) is 11.5 Å². The molecule has 0 saturated carbocycles. The number of hydrogen-bond acceptors (Lipinski definition) is 5. The van der Waals surface area contributed by atoms with Crippen molar-refractivity contribution in [3.8, 4) is 11.5 Å².